The molecular weight excluding hydrogens is 370 g/mol. The Labute approximate surface area is 157 Å². The minimum atomic E-state index is -6.00. The van der Waals surface area contributed by atoms with Gasteiger partial charge in [-0.3, -0.25) is 0 Å². The van der Waals surface area contributed by atoms with Gasteiger partial charge >= 0.3 is 7.25 Å². The van der Waals surface area contributed by atoms with Crippen LogP contribution in [0.1, 0.15) is 11.1 Å². The molecule has 0 aromatic heterocycles. The Balaban J connectivity index is 0.000000376. The van der Waals surface area contributed by atoms with Gasteiger partial charge in [-0.2, -0.15) is 0 Å². The molecule has 27 heavy (non-hydrogen) atoms. The maximum Gasteiger partial charge on any atom is 0.673 e. The number of hydrogen-bond acceptors (Lipinski definition) is 0. The molecule has 0 fully saturated rings. The Morgan fingerprint density at radius 2 is 0.852 bits per heavy atom. The van der Waals surface area contributed by atoms with Crippen molar-refractivity contribution in [3.8, 4) is 0 Å². The lowest BCUT2D eigenvalue weighted by Crippen LogP contribution is -2.02. The molecule has 1 heterocycles. The molecule has 0 bridgehead atoms. The average molecular weight is 388 g/mol. The van der Waals surface area contributed by atoms with Gasteiger partial charge < -0.3 is 17.3 Å². The first-order valence-corrected chi connectivity index (χ1v) is 10.7. The van der Waals surface area contributed by atoms with E-state index in [4.69, 9.17) is 0 Å². The third kappa shape index (κ3) is 4.48. The van der Waals surface area contributed by atoms with E-state index < -0.39 is 14.5 Å². The van der Waals surface area contributed by atoms with Crippen molar-refractivity contribution in [2.75, 3.05) is 6.66 Å². The lowest BCUT2D eigenvalue weighted by molar-refractivity contribution is 0.368. The van der Waals surface area contributed by atoms with E-state index in [9.17, 15) is 17.3 Å². The van der Waals surface area contributed by atoms with Crippen molar-refractivity contribution in [3.63, 3.8) is 0 Å². The molecule has 1 aliphatic heterocycles. The predicted molar refractivity (Wildman–Crippen MR) is 109 cm³/mol. The summed E-state index contributed by atoms with van der Waals surface area (Å²) in [6.07, 6.45) is 0. The fourth-order valence-electron chi connectivity index (χ4n) is 3.29. The van der Waals surface area contributed by atoms with Gasteiger partial charge in [0, 0.05) is 11.1 Å². The van der Waals surface area contributed by atoms with Gasteiger partial charge in [-0.05, 0) is 12.1 Å². The minimum Gasteiger partial charge on any atom is -0.418 e. The van der Waals surface area contributed by atoms with Crippen molar-refractivity contribution < 1.29 is 17.3 Å². The second-order valence-electron chi connectivity index (χ2n) is 6.27. The Bertz CT molecular complexity index is 867. The van der Waals surface area contributed by atoms with E-state index in [1.165, 1.54) is 16.4 Å². The highest BCUT2D eigenvalue weighted by molar-refractivity contribution is 8.08. The van der Waals surface area contributed by atoms with Crippen LogP contribution in [0.25, 0.3) is 10.6 Å². The molecule has 1 aliphatic rings. The lowest BCUT2D eigenvalue weighted by atomic mass is 10.1. The zero-order valence-electron chi connectivity index (χ0n) is 14.7. The molecule has 6 heteroatoms. The molecule has 0 atom stereocenters. The topological polar surface area (TPSA) is 0 Å². The molecule has 0 radical (unpaired) electrons. The molecule has 0 unspecified atom stereocenters. The van der Waals surface area contributed by atoms with Gasteiger partial charge in [-0.15, -0.1) is 0 Å². The van der Waals surface area contributed by atoms with Crippen LogP contribution in [0.5, 0.6) is 0 Å². The Morgan fingerprint density at radius 1 is 0.556 bits per heavy atom. The van der Waals surface area contributed by atoms with Gasteiger partial charge in [-0.1, -0.05) is 78.9 Å². The third-order valence-corrected chi connectivity index (χ3v) is 8.30. The summed E-state index contributed by atoms with van der Waals surface area (Å²) in [6.45, 7) is 2.45. The molecule has 3 aromatic carbocycles. The van der Waals surface area contributed by atoms with E-state index in [0.29, 0.717) is 0 Å². The zero-order valence-corrected chi connectivity index (χ0v) is 15.6. The molecule has 0 saturated heterocycles. The SMILES string of the molecule is C[P+]1(c2ccccc2)C(c2ccccc2)=C1c1ccccc1.F[B-](F)(F)F. The number of halogens is 4. The van der Waals surface area contributed by atoms with Crippen LogP contribution in [0.15, 0.2) is 91.0 Å². The van der Waals surface area contributed by atoms with Crippen LogP contribution < -0.4 is 5.30 Å². The number of benzene rings is 3. The summed E-state index contributed by atoms with van der Waals surface area (Å²) in [5.74, 6) is 0. The summed E-state index contributed by atoms with van der Waals surface area (Å²) < 4.78 is 39.0. The fourth-order valence-corrected chi connectivity index (χ4v) is 7.27. The summed E-state index contributed by atoms with van der Waals surface area (Å²) >= 11 is 0. The van der Waals surface area contributed by atoms with Crippen molar-refractivity contribution in [3.05, 3.63) is 102 Å². The average Bonchev–Trinajstić information content (AvgIpc) is 3.30. The summed E-state index contributed by atoms with van der Waals surface area (Å²) in [7, 11) is -7.35. The maximum atomic E-state index is 9.75. The lowest BCUT2D eigenvalue weighted by Gasteiger charge is -2.06. The van der Waals surface area contributed by atoms with E-state index in [0.717, 1.165) is 0 Å². The minimum absolute atomic E-state index is 1.35. The van der Waals surface area contributed by atoms with E-state index in [1.54, 1.807) is 10.6 Å². The quantitative estimate of drug-likeness (QED) is 0.263. The molecule has 0 N–H and O–H groups in total. The summed E-state index contributed by atoms with van der Waals surface area (Å²) in [5, 5.41) is 4.60. The van der Waals surface area contributed by atoms with Crippen LogP contribution in [0.4, 0.5) is 17.3 Å². The third-order valence-electron chi connectivity index (χ3n) is 4.44. The van der Waals surface area contributed by atoms with Gasteiger partial charge in [0.1, 0.15) is 12.6 Å². The number of rotatable bonds is 3. The normalized spacial score (nSPS) is 15.0. The van der Waals surface area contributed by atoms with Crippen LogP contribution in [0.3, 0.4) is 0 Å². The van der Waals surface area contributed by atoms with Gasteiger partial charge in [0.25, 0.3) is 0 Å². The van der Waals surface area contributed by atoms with Crippen molar-refractivity contribution in [1.82, 2.24) is 0 Å². The van der Waals surface area contributed by atoms with Crippen LogP contribution >= 0.6 is 7.26 Å². The highest BCUT2D eigenvalue weighted by Gasteiger charge is 2.62. The fraction of sp³-hybridized carbons (Fsp3) is 0.0476. The van der Waals surface area contributed by atoms with Crippen molar-refractivity contribution in [1.29, 1.82) is 0 Å². The first kappa shape index (κ1) is 19.4. The van der Waals surface area contributed by atoms with Gasteiger partial charge in [0.05, 0.1) is 6.66 Å². The maximum absolute atomic E-state index is 9.75. The first-order chi connectivity index (χ1) is 12.8. The van der Waals surface area contributed by atoms with E-state index in [-0.39, 0.29) is 0 Å². The second-order valence-corrected chi connectivity index (χ2v) is 9.69. The van der Waals surface area contributed by atoms with Crippen LogP contribution in [-0.4, -0.2) is 13.9 Å². The molecule has 0 aliphatic carbocycles. The van der Waals surface area contributed by atoms with E-state index >= 15 is 0 Å². The van der Waals surface area contributed by atoms with Crippen molar-refractivity contribution in [2.45, 2.75) is 0 Å². The molecule has 3 aromatic rings. The first-order valence-electron chi connectivity index (χ1n) is 8.47. The zero-order chi connectivity index (χ0) is 19.5. The van der Waals surface area contributed by atoms with Gasteiger partial charge in [-0.25, -0.2) is 0 Å². The predicted octanol–water partition coefficient (Wildman–Crippen LogP) is 6.80. The second kappa shape index (κ2) is 7.70. The Kier molecular flexibility index (Phi) is 5.52. The molecule has 0 nitrogen and oxygen atoms in total. The summed E-state index contributed by atoms with van der Waals surface area (Å²) in [6, 6.07) is 32.7. The summed E-state index contributed by atoms with van der Waals surface area (Å²) in [4.78, 5) is 0. The molecular formula is C21H18BF4P. The monoisotopic (exact) mass is 388 g/mol. The van der Waals surface area contributed by atoms with Crippen LogP contribution in [0.2, 0.25) is 0 Å². The standard InChI is InChI=1S/C21H18P.BF4/c1-22(19-15-9-4-10-16-19)20(17-11-5-2-6-12-17)21(22)18-13-7-3-8-14-18;2-1(3,4)5/h2-16H,1H3;/q+1;-1. The Hall–Kier alpha value is -2.39. The molecule has 4 rings (SSSR count). The van der Waals surface area contributed by atoms with Gasteiger partial charge in [0.15, 0.2) is 10.6 Å². The van der Waals surface area contributed by atoms with Crippen LogP contribution in [-0.2, 0) is 0 Å². The van der Waals surface area contributed by atoms with Crippen LogP contribution in [0, 0.1) is 0 Å². The van der Waals surface area contributed by atoms with Crippen molar-refractivity contribution >= 4 is 30.4 Å². The van der Waals surface area contributed by atoms with E-state index in [1.807, 2.05) is 0 Å². The van der Waals surface area contributed by atoms with Gasteiger partial charge in [0.2, 0.25) is 0 Å². The highest BCUT2D eigenvalue weighted by Crippen LogP contribution is 2.90. The summed E-state index contributed by atoms with van der Waals surface area (Å²) in [5.41, 5.74) is 2.75. The molecule has 0 saturated carbocycles. The number of hydrogen-bond donors (Lipinski definition) is 0. The molecule has 138 valence electrons. The largest absolute Gasteiger partial charge is 0.673 e. The van der Waals surface area contributed by atoms with E-state index in [2.05, 4.69) is 97.7 Å². The Morgan fingerprint density at radius 3 is 1.19 bits per heavy atom. The highest BCUT2D eigenvalue weighted by atomic mass is 31.2. The molecule has 0 amide bonds. The molecule has 0 spiro atoms. The smallest absolute Gasteiger partial charge is 0.418 e. The van der Waals surface area contributed by atoms with Crippen molar-refractivity contribution in [2.24, 2.45) is 0 Å².